The minimum atomic E-state index is 0.191. The van der Waals surface area contributed by atoms with Crippen LogP contribution >= 0.6 is 0 Å². The van der Waals surface area contributed by atoms with E-state index < -0.39 is 0 Å². The smallest absolute Gasteiger partial charge is 0.315 e. The summed E-state index contributed by atoms with van der Waals surface area (Å²) in [7, 11) is 1.75. The van der Waals surface area contributed by atoms with E-state index in [1.54, 1.807) is 13.4 Å². The highest BCUT2D eigenvalue weighted by molar-refractivity contribution is 5.43. The van der Waals surface area contributed by atoms with Gasteiger partial charge in [-0.15, -0.1) is 5.10 Å². The molecule has 0 bridgehead atoms. The highest BCUT2D eigenvalue weighted by Gasteiger charge is 2.34. The summed E-state index contributed by atoms with van der Waals surface area (Å²) in [5.74, 6) is 2.15. The van der Waals surface area contributed by atoms with Gasteiger partial charge in [-0.3, -0.25) is 0 Å². The van der Waals surface area contributed by atoms with Gasteiger partial charge in [0, 0.05) is 37.9 Å². The quantitative estimate of drug-likeness (QED) is 0.857. The number of rotatable bonds is 6. The van der Waals surface area contributed by atoms with Crippen LogP contribution in [0.25, 0.3) is 0 Å². The number of methoxy groups -OCH3 is 1. The molecule has 1 saturated heterocycles. The van der Waals surface area contributed by atoms with Crippen LogP contribution in [0, 0.1) is 6.92 Å². The predicted octanol–water partition coefficient (Wildman–Crippen LogP) is 1.75. The minimum absolute atomic E-state index is 0.191. The zero-order chi connectivity index (χ0) is 16.5. The number of hydrogen-bond acceptors (Lipinski definition) is 8. The molecule has 2 aliphatic rings. The summed E-state index contributed by atoms with van der Waals surface area (Å²) in [6, 6.07) is 2.75. The Hall–Kier alpha value is -2.22. The van der Waals surface area contributed by atoms with Gasteiger partial charge in [0.1, 0.15) is 12.1 Å². The molecule has 1 aliphatic heterocycles. The lowest BCUT2D eigenvalue weighted by Gasteiger charge is -2.25. The van der Waals surface area contributed by atoms with Crippen molar-refractivity contribution < 1.29 is 9.15 Å². The zero-order valence-corrected chi connectivity index (χ0v) is 14.0. The summed E-state index contributed by atoms with van der Waals surface area (Å²) >= 11 is 0. The van der Waals surface area contributed by atoms with Crippen molar-refractivity contribution in [3.05, 3.63) is 24.0 Å². The molecule has 0 amide bonds. The summed E-state index contributed by atoms with van der Waals surface area (Å²) < 4.78 is 11.2. The number of aryl methyl sites for hydroxylation is 1. The van der Waals surface area contributed by atoms with Gasteiger partial charge < -0.3 is 19.4 Å². The van der Waals surface area contributed by atoms with Crippen molar-refractivity contribution >= 4 is 11.8 Å². The van der Waals surface area contributed by atoms with E-state index in [1.165, 1.54) is 0 Å². The highest BCUT2D eigenvalue weighted by atomic mass is 16.5. The van der Waals surface area contributed by atoms with Gasteiger partial charge in [-0.25, -0.2) is 9.97 Å². The lowest BCUT2D eigenvalue weighted by atomic mass is 10.2. The van der Waals surface area contributed by atoms with Crippen molar-refractivity contribution in [3.8, 4) is 0 Å². The van der Waals surface area contributed by atoms with Crippen molar-refractivity contribution in [2.45, 2.75) is 44.2 Å². The normalized spacial score (nSPS) is 23.7. The van der Waals surface area contributed by atoms with Gasteiger partial charge in [-0.2, -0.15) is 0 Å². The second-order valence-corrected chi connectivity index (χ2v) is 6.52. The molecule has 4 rings (SSSR count). The lowest BCUT2D eigenvalue weighted by Crippen LogP contribution is -2.35. The fourth-order valence-corrected chi connectivity index (χ4v) is 3.12. The lowest BCUT2D eigenvalue weighted by molar-refractivity contribution is 0.118. The largest absolute Gasteiger partial charge is 0.408 e. The summed E-state index contributed by atoms with van der Waals surface area (Å²) in [5.41, 5.74) is 0.957. The van der Waals surface area contributed by atoms with E-state index in [-0.39, 0.29) is 12.1 Å². The molecule has 128 valence electrons. The Morgan fingerprint density at radius 1 is 1.33 bits per heavy atom. The topological polar surface area (TPSA) is 89.2 Å². The fourth-order valence-electron chi connectivity index (χ4n) is 3.12. The minimum Gasteiger partial charge on any atom is -0.408 e. The monoisotopic (exact) mass is 330 g/mol. The van der Waals surface area contributed by atoms with Crippen LogP contribution in [0.1, 0.15) is 36.8 Å². The van der Waals surface area contributed by atoms with Crippen LogP contribution < -0.4 is 10.2 Å². The van der Waals surface area contributed by atoms with Crippen molar-refractivity contribution in [1.29, 1.82) is 0 Å². The van der Waals surface area contributed by atoms with E-state index >= 15 is 0 Å². The molecule has 0 radical (unpaired) electrons. The molecule has 0 spiro atoms. The summed E-state index contributed by atoms with van der Waals surface area (Å²) in [6.07, 6.45) is 5.03. The number of nitrogens with zero attached hydrogens (tertiary/aromatic N) is 5. The Bertz CT molecular complexity index is 701. The van der Waals surface area contributed by atoms with Crippen LogP contribution in [0.15, 0.2) is 16.8 Å². The van der Waals surface area contributed by atoms with E-state index in [1.807, 2.05) is 13.0 Å². The van der Waals surface area contributed by atoms with Crippen LogP contribution in [-0.2, 0) is 4.74 Å². The maximum absolute atomic E-state index is 5.67. The van der Waals surface area contributed by atoms with Crippen molar-refractivity contribution in [3.63, 3.8) is 0 Å². The Balaban J connectivity index is 1.44. The maximum atomic E-state index is 5.67. The van der Waals surface area contributed by atoms with Crippen LogP contribution in [0.2, 0.25) is 0 Å². The molecule has 1 N–H and O–H groups in total. The predicted molar refractivity (Wildman–Crippen MR) is 88.1 cm³/mol. The van der Waals surface area contributed by atoms with Crippen LogP contribution in [0.4, 0.5) is 11.8 Å². The van der Waals surface area contributed by atoms with Gasteiger partial charge in [-0.05, 0) is 26.2 Å². The summed E-state index contributed by atoms with van der Waals surface area (Å²) in [5, 5.41) is 11.5. The first-order chi connectivity index (χ1) is 11.7. The first-order valence-corrected chi connectivity index (χ1v) is 8.38. The number of hydrogen-bond donors (Lipinski definition) is 1. The Labute approximate surface area is 140 Å². The molecule has 2 aromatic rings. The third-order valence-electron chi connectivity index (χ3n) is 4.65. The van der Waals surface area contributed by atoms with E-state index in [0.29, 0.717) is 18.5 Å². The summed E-state index contributed by atoms with van der Waals surface area (Å²) in [6.45, 7) is 3.49. The third kappa shape index (κ3) is 3.19. The van der Waals surface area contributed by atoms with Crippen LogP contribution in [0.3, 0.4) is 0 Å². The molecular formula is C16H22N6O2. The van der Waals surface area contributed by atoms with Crippen molar-refractivity contribution in [2.24, 2.45) is 0 Å². The average Bonchev–Trinajstić information content (AvgIpc) is 3.19. The van der Waals surface area contributed by atoms with Gasteiger partial charge in [0.25, 0.3) is 0 Å². The number of anilines is 2. The van der Waals surface area contributed by atoms with E-state index in [4.69, 9.17) is 9.15 Å². The van der Waals surface area contributed by atoms with Gasteiger partial charge in [-0.1, -0.05) is 5.10 Å². The Kier molecular flexibility index (Phi) is 4.05. The van der Waals surface area contributed by atoms with Gasteiger partial charge in [0.2, 0.25) is 5.89 Å². The number of nitrogens with one attached hydrogen (secondary N) is 1. The fraction of sp³-hybridized carbons (Fsp3) is 0.625. The molecule has 0 unspecified atom stereocenters. The van der Waals surface area contributed by atoms with E-state index in [2.05, 4.69) is 30.4 Å². The molecule has 2 atom stereocenters. The second kappa shape index (κ2) is 6.35. The van der Waals surface area contributed by atoms with Gasteiger partial charge in [0.15, 0.2) is 0 Å². The molecule has 2 fully saturated rings. The number of aromatic nitrogens is 4. The second-order valence-electron chi connectivity index (χ2n) is 6.52. The zero-order valence-electron chi connectivity index (χ0n) is 14.0. The molecule has 8 nitrogen and oxygen atoms in total. The molecule has 3 heterocycles. The third-order valence-corrected chi connectivity index (χ3v) is 4.65. The van der Waals surface area contributed by atoms with Crippen molar-refractivity contribution in [1.82, 2.24) is 20.2 Å². The molecule has 24 heavy (non-hydrogen) atoms. The standard InChI is InChI=1S/C16H22N6O2/c1-10-5-14(19-9-18-10)22-8-13(23-2)6-12(22)7-17-16-21-20-15(24-16)11-3-4-11/h5,9,11-13H,3-4,6-8H2,1-2H3,(H,17,21)/t12-,13-/m0/s1. The number of ether oxygens (including phenoxy) is 1. The molecular weight excluding hydrogens is 308 g/mol. The average molecular weight is 330 g/mol. The first kappa shape index (κ1) is 15.3. The van der Waals surface area contributed by atoms with E-state index in [0.717, 1.165) is 43.2 Å². The first-order valence-electron chi connectivity index (χ1n) is 8.38. The molecule has 8 heteroatoms. The Morgan fingerprint density at radius 2 is 2.21 bits per heavy atom. The molecule has 1 aliphatic carbocycles. The SMILES string of the molecule is CO[C@H]1C[C@@H](CNc2nnc(C3CC3)o2)N(c2cc(C)ncn2)C1. The van der Waals surface area contributed by atoms with E-state index in [9.17, 15) is 0 Å². The summed E-state index contributed by atoms with van der Waals surface area (Å²) in [4.78, 5) is 10.8. The van der Waals surface area contributed by atoms with Crippen molar-refractivity contribution in [2.75, 3.05) is 30.4 Å². The highest BCUT2D eigenvalue weighted by Crippen LogP contribution is 2.39. The molecule has 1 saturated carbocycles. The Morgan fingerprint density at radius 3 is 2.96 bits per heavy atom. The van der Waals surface area contributed by atoms with Gasteiger partial charge >= 0.3 is 6.01 Å². The maximum Gasteiger partial charge on any atom is 0.315 e. The van der Waals surface area contributed by atoms with Crippen LogP contribution in [-0.4, -0.2) is 52.5 Å². The molecule has 2 aromatic heterocycles. The van der Waals surface area contributed by atoms with Crippen LogP contribution in [0.5, 0.6) is 0 Å². The molecule has 0 aromatic carbocycles. The van der Waals surface area contributed by atoms with Gasteiger partial charge in [0.05, 0.1) is 12.1 Å².